The summed E-state index contributed by atoms with van der Waals surface area (Å²) in [6, 6.07) is 20.1. The van der Waals surface area contributed by atoms with Gasteiger partial charge >= 0.3 is 5.69 Å². The van der Waals surface area contributed by atoms with Gasteiger partial charge in [-0.1, -0.05) is 72.4 Å². The van der Waals surface area contributed by atoms with E-state index in [2.05, 4.69) is 29.1 Å². The molecule has 0 saturated heterocycles. The maximum absolute atomic E-state index is 12.5. The second kappa shape index (κ2) is 6.80. The lowest BCUT2D eigenvalue weighted by Gasteiger charge is -2.10. The Morgan fingerprint density at radius 1 is 1.04 bits per heavy atom. The van der Waals surface area contributed by atoms with Gasteiger partial charge in [0, 0.05) is 10.8 Å². The fourth-order valence-electron chi connectivity index (χ4n) is 2.99. The van der Waals surface area contributed by atoms with Crippen molar-refractivity contribution in [3.05, 3.63) is 82.4 Å². The second-order valence-corrected chi connectivity index (χ2v) is 7.41. The molecule has 1 atom stereocenters. The zero-order chi connectivity index (χ0) is 18.1. The predicted octanol–water partition coefficient (Wildman–Crippen LogP) is 4.25. The highest BCUT2D eigenvalue weighted by atomic mass is 32.2. The molecule has 0 saturated carbocycles. The Labute approximate surface area is 155 Å². The molecule has 0 aliphatic carbocycles. The zero-order valence-electron chi connectivity index (χ0n) is 14.5. The number of rotatable bonds is 4. The number of H-pyrrole nitrogens is 1. The topological polar surface area (TPSA) is 63.1 Å². The highest BCUT2D eigenvalue weighted by molar-refractivity contribution is 7.99. The van der Waals surface area contributed by atoms with Gasteiger partial charge in [-0.2, -0.15) is 9.61 Å². The molecule has 0 amide bonds. The third kappa shape index (κ3) is 3.04. The molecule has 6 heteroatoms. The van der Waals surface area contributed by atoms with Gasteiger partial charge in [0.2, 0.25) is 0 Å². The van der Waals surface area contributed by atoms with E-state index in [1.54, 1.807) is 0 Å². The number of fused-ring (bicyclic) bond motifs is 1. The standard InChI is InChI=1S/C20H18N4OS/c1-13-17(16-11-7-4-8-12-16)18-21-19(22-20(25)24(18)23-13)26-14(2)15-9-5-3-6-10-15/h3-12,14H,1-2H3,(H,21,22,25). The number of nitrogens with zero attached hydrogens (tertiary/aromatic N) is 3. The average Bonchev–Trinajstić information content (AvgIpc) is 3.00. The fourth-order valence-corrected chi connectivity index (χ4v) is 3.90. The second-order valence-electron chi connectivity index (χ2n) is 6.08. The smallest absolute Gasteiger partial charge is 0.285 e. The summed E-state index contributed by atoms with van der Waals surface area (Å²) in [5, 5.41) is 5.13. The van der Waals surface area contributed by atoms with Gasteiger partial charge < -0.3 is 0 Å². The number of hydrogen-bond acceptors (Lipinski definition) is 4. The van der Waals surface area contributed by atoms with Crippen LogP contribution >= 0.6 is 11.8 Å². The third-order valence-corrected chi connectivity index (χ3v) is 5.31. The summed E-state index contributed by atoms with van der Waals surface area (Å²) in [6.07, 6.45) is 0. The number of hydrogen-bond donors (Lipinski definition) is 1. The Balaban J connectivity index is 1.79. The van der Waals surface area contributed by atoms with Crippen LogP contribution in [0.25, 0.3) is 16.8 Å². The lowest BCUT2D eigenvalue weighted by molar-refractivity contribution is 0.778. The molecule has 0 bridgehead atoms. The van der Waals surface area contributed by atoms with Gasteiger partial charge in [0.25, 0.3) is 0 Å². The molecule has 4 aromatic rings. The highest BCUT2D eigenvalue weighted by Gasteiger charge is 2.17. The van der Waals surface area contributed by atoms with Crippen LogP contribution < -0.4 is 5.69 Å². The first-order valence-electron chi connectivity index (χ1n) is 8.40. The molecule has 0 radical (unpaired) electrons. The van der Waals surface area contributed by atoms with E-state index in [9.17, 15) is 4.79 Å². The molecule has 0 aliphatic rings. The van der Waals surface area contributed by atoms with Crippen LogP contribution in [0.2, 0.25) is 0 Å². The first kappa shape index (κ1) is 16.6. The number of aromatic amines is 1. The van der Waals surface area contributed by atoms with Crippen molar-refractivity contribution in [1.29, 1.82) is 0 Å². The Morgan fingerprint density at radius 3 is 2.38 bits per heavy atom. The van der Waals surface area contributed by atoms with Crippen molar-refractivity contribution >= 4 is 17.4 Å². The van der Waals surface area contributed by atoms with E-state index >= 15 is 0 Å². The van der Waals surface area contributed by atoms with Crippen molar-refractivity contribution in [2.75, 3.05) is 0 Å². The third-order valence-electron chi connectivity index (χ3n) is 4.27. The van der Waals surface area contributed by atoms with Crippen LogP contribution in [0.1, 0.15) is 23.4 Å². The fraction of sp³-hybridized carbons (Fsp3) is 0.150. The van der Waals surface area contributed by atoms with Crippen LogP contribution in [-0.2, 0) is 0 Å². The molecular formula is C20H18N4OS. The maximum atomic E-state index is 12.5. The Bertz CT molecular complexity index is 1100. The van der Waals surface area contributed by atoms with Crippen LogP contribution in [0.3, 0.4) is 0 Å². The SMILES string of the molecule is Cc1nn2c(=O)[nH]c(SC(C)c3ccccc3)nc2c1-c1ccccc1. The number of aromatic nitrogens is 4. The molecule has 0 aliphatic heterocycles. The van der Waals surface area contributed by atoms with E-state index in [-0.39, 0.29) is 10.9 Å². The van der Waals surface area contributed by atoms with Crippen molar-refractivity contribution in [3.63, 3.8) is 0 Å². The summed E-state index contributed by atoms with van der Waals surface area (Å²) in [4.78, 5) is 20.1. The summed E-state index contributed by atoms with van der Waals surface area (Å²) in [7, 11) is 0. The Hall–Kier alpha value is -2.86. The summed E-state index contributed by atoms with van der Waals surface area (Å²) < 4.78 is 1.34. The van der Waals surface area contributed by atoms with E-state index in [0.29, 0.717) is 10.8 Å². The minimum Gasteiger partial charge on any atom is -0.285 e. The van der Waals surface area contributed by atoms with Gasteiger partial charge in [-0.3, -0.25) is 4.98 Å². The van der Waals surface area contributed by atoms with Crippen molar-refractivity contribution in [3.8, 4) is 11.1 Å². The minimum atomic E-state index is -0.275. The van der Waals surface area contributed by atoms with Crippen molar-refractivity contribution in [2.45, 2.75) is 24.3 Å². The molecule has 4 rings (SSSR count). The van der Waals surface area contributed by atoms with Gasteiger partial charge in [0.05, 0.1) is 5.69 Å². The molecule has 130 valence electrons. The van der Waals surface area contributed by atoms with Crippen LogP contribution in [0.5, 0.6) is 0 Å². The van der Waals surface area contributed by atoms with E-state index < -0.39 is 0 Å². The first-order valence-corrected chi connectivity index (χ1v) is 9.28. The lowest BCUT2D eigenvalue weighted by Crippen LogP contribution is -2.19. The van der Waals surface area contributed by atoms with Crippen molar-refractivity contribution in [1.82, 2.24) is 19.6 Å². The number of benzene rings is 2. The maximum Gasteiger partial charge on any atom is 0.350 e. The zero-order valence-corrected chi connectivity index (χ0v) is 15.3. The molecule has 26 heavy (non-hydrogen) atoms. The monoisotopic (exact) mass is 362 g/mol. The van der Waals surface area contributed by atoms with Crippen LogP contribution in [0, 0.1) is 6.92 Å². The van der Waals surface area contributed by atoms with Crippen LogP contribution in [0.15, 0.2) is 70.6 Å². The van der Waals surface area contributed by atoms with Gasteiger partial charge in [-0.25, -0.2) is 9.78 Å². The van der Waals surface area contributed by atoms with Gasteiger partial charge in [-0.15, -0.1) is 0 Å². The Morgan fingerprint density at radius 2 is 1.69 bits per heavy atom. The average molecular weight is 362 g/mol. The van der Waals surface area contributed by atoms with E-state index in [1.807, 2.05) is 55.5 Å². The highest BCUT2D eigenvalue weighted by Crippen LogP contribution is 2.33. The molecule has 5 nitrogen and oxygen atoms in total. The molecule has 2 aromatic heterocycles. The molecule has 0 fully saturated rings. The largest absolute Gasteiger partial charge is 0.350 e. The number of thioether (sulfide) groups is 1. The Kier molecular flexibility index (Phi) is 4.34. The molecule has 2 aromatic carbocycles. The summed E-state index contributed by atoms with van der Waals surface area (Å²) in [6.45, 7) is 4.00. The molecular weight excluding hydrogens is 344 g/mol. The van der Waals surface area contributed by atoms with Gasteiger partial charge in [0.1, 0.15) is 0 Å². The predicted molar refractivity (Wildman–Crippen MR) is 104 cm³/mol. The number of nitrogens with one attached hydrogen (secondary N) is 1. The normalized spacial score (nSPS) is 12.4. The summed E-state index contributed by atoms with van der Waals surface area (Å²) in [5.41, 5.74) is 4.18. The van der Waals surface area contributed by atoms with E-state index in [4.69, 9.17) is 4.98 Å². The van der Waals surface area contributed by atoms with Crippen LogP contribution in [0.4, 0.5) is 0 Å². The van der Waals surface area contributed by atoms with Crippen LogP contribution in [-0.4, -0.2) is 19.6 Å². The van der Waals surface area contributed by atoms with E-state index in [0.717, 1.165) is 16.8 Å². The summed E-state index contributed by atoms with van der Waals surface area (Å²) in [5.74, 6) is 0. The van der Waals surface area contributed by atoms with Crippen molar-refractivity contribution < 1.29 is 0 Å². The first-order chi connectivity index (χ1) is 12.6. The van der Waals surface area contributed by atoms with Gasteiger partial charge in [0.15, 0.2) is 10.8 Å². The molecule has 2 heterocycles. The molecule has 1 unspecified atom stereocenters. The van der Waals surface area contributed by atoms with Crippen molar-refractivity contribution in [2.24, 2.45) is 0 Å². The molecule has 0 spiro atoms. The minimum absolute atomic E-state index is 0.172. The quantitative estimate of drug-likeness (QED) is 0.551. The number of aryl methyl sites for hydroxylation is 1. The summed E-state index contributed by atoms with van der Waals surface area (Å²) >= 11 is 1.53. The van der Waals surface area contributed by atoms with Gasteiger partial charge in [-0.05, 0) is 25.0 Å². The van der Waals surface area contributed by atoms with E-state index in [1.165, 1.54) is 21.8 Å². The molecule has 1 N–H and O–H groups in total. The lowest BCUT2D eigenvalue weighted by atomic mass is 10.1.